The van der Waals surface area contributed by atoms with Gasteiger partial charge >= 0.3 is 0 Å². The van der Waals surface area contributed by atoms with Crippen molar-refractivity contribution in [1.82, 2.24) is 5.16 Å². The van der Waals surface area contributed by atoms with Crippen LogP contribution >= 0.6 is 0 Å². The lowest BCUT2D eigenvalue weighted by Gasteiger charge is -2.02. The van der Waals surface area contributed by atoms with Crippen molar-refractivity contribution in [2.45, 2.75) is 13.8 Å². The molecule has 0 atom stereocenters. The van der Waals surface area contributed by atoms with Gasteiger partial charge in [-0.2, -0.15) is 0 Å². The Morgan fingerprint density at radius 1 is 1.33 bits per heavy atom. The van der Waals surface area contributed by atoms with E-state index in [0.29, 0.717) is 17.1 Å². The zero-order valence-electron chi connectivity index (χ0n) is 8.61. The predicted molar refractivity (Wildman–Crippen MR) is 57.5 cm³/mol. The monoisotopic (exact) mass is 204 g/mol. The molecule has 0 spiro atoms. The average Bonchev–Trinajstić information content (AvgIpc) is 2.53. The van der Waals surface area contributed by atoms with E-state index in [-0.39, 0.29) is 5.75 Å². The first-order chi connectivity index (χ1) is 7.09. The second kappa shape index (κ2) is 3.31. The summed E-state index contributed by atoms with van der Waals surface area (Å²) in [6, 6.07) is 5.50. The summed E-state index contributed by atoms with van der Waals surface area (Å²) >= 11 is 0. The highest BCUT2D eigenvalue weighted by Gasteiger charge is 2.13. The van der Waals surface area contributed by atoms with E-state index in [9.17, 15) is 5.11 Å². The van der Waals surface area contributed by atoms with E-state index in [1.807, 2.05) is 19.1 Å². The number of hydrogen-bond donors (Lipinski definition) is 2. The third-order valence-corrected chi connectivity index (χ3v) is 2.38. The average molecular weight is 204 g/mol. The SMILES string of the molecule is Cc1ccc(-c2noc(C)c2O)cc1N. The van der Waals surface area contributed by atoms with Crippen molar-refractivity contribution < 1.29 is 9.63 Å². The summed E-state index contributed by atoms with van der Waals surface area (Å²) in [4.78, 5) is 0. The molecule has 4 nitrogen and oxygen atoms in total. The van der Waals surface area contributed by atoms with Crippen LogP contribution in [0.25, 0.3) is 11.3 Å². The summed E-state index contributed by atoms with van der Waals surface area (Å²) < 4.78 is 4.88. The quantitative estimate of drug-likeness (QED) is 0.699. The zero-order valence-corrected chi connectivity index (χ0v) is 8.61. The first-order valence-electron chi connectivity index (χ1n) is 4.61. The van der Waals surface area contributed by atoms with Crippen LogP contribution in [0.5, 0.6) is 5.75 Å². The molecule has 1 aromatic heterocycles. The highest BCUT2D eigenvalue weighted by molar-refractivity contribution is 5.70. The van der Waals surface area contributed by atoms with E-state index in [4.69, 9.17) is 10.3 Å². The lowest BCUT2D eigenvalue weighted by atomic mass is 10.1. The van der Waals surface area contributed by atoms with Gasteiger partial charge in [0.15, 0.2) is 17.2 Å². The molecule has 2 rings (SSSR count). The van der Waals surface area contributed by atoms with Gasteiger partial charge in [-0.05, 0) is 18.6 Å². The summed E-state index contributed by atoms with van der Waals surface area (Å²) in [6.07, 6.45) is 0. The number of aryl methyl sites for hydroxylation is 2. The Kier molecular flexibility index (Phi) is 2.11. The van der Waals surface area contributed by atoms with Crippen molar-refractivity contribution >= 4 is 5.69 Å². The van der Waals surface area contributed by atoms with Gasteiger partial charge in [-0.25, -0.2) is 0 Å². The number of nitrogens with zero attached hydrogens (tertiary/aromatic N) is 1. The highest BCUT2D eigenvalue weighted by atomic mass is 16.5. The van der Waals surface area contributed by atoms with Crippen molar-refractivity contribution in [3.05, 3.63) is 29.5 Å². The molecule has 0 saturated carbocycles. The normalized spacial score (nSPS) is 10.5. The summed E-state index contributed by atoms with van der Waals surface area (Å²) in [7, 11) is 0. The molecule has 15 heavy (non-hydrogen) atoms. The van der Waals surface area contributed by atoms with Crippen molar-refractivity contribution in [3.8, 4) is 17.0 Å². The van der Waals surface area contributed by atoms with E-state index in [2.05, 4.69) is 5.16 Å². The van der Waals surface area contributed by atoms with Gasteiger partial charge in [-0.3, -0.25) is 0 Å². The van der Waals surface area contributed by atoms with Gasteiger partial charge in [-0.1, -0.05) is 17.3 Å². The third-order valence-electron chi connectivity index (χ3n) is 2.38. The van der Waals surface area contributed by atoms with Crippen LogP contribution in [0.2, 0.25) is 0 Å². The van der Waals surface area contributed by atoms with E-state index >= 15 is 0 Å². The molecule has 0 unspecified atom stereocenters. The smallest absolute Gasteiger partial charge is 0.186 e. The predicted octanol–water partition coefficient (Wildman–Crippen LogP) is 2.25. The van der Waals surface area contributed by atoms with Crippen LogP contribution in [0.15, 0.2) is 22.7 Å². The van der Waals surface area contributed by atoms with E-state index in [1.54, 1.807) is 13.0 Å². The number of nitrogen functional groups attached to an aromatic ring is 1. The van der Waals surface area contributed by atoms with E-state index in [1.165, 1.54) is 0 Å². The Morgan fingerprint density at radius 3 is 2.60 bits per heavy atom. The molecule has 0 saturated heterocycles. The van der Waals surface area contributed by atoms with Crippen LogP contribution in [0.4, 0.5) is 5.69 Å². The Bertz CT molecular complexity index is 503. The highest BCUT2D eigenvalue weighted by Crippen LogP contribution is 2.32. The Balaban J connectivity index is 2.55. The second-order valence-electron chi connectivity index (χ2n) is 3.51. The van der Waals surface area contributed by atoms with Gasteiger partial charge in [-0.15, -0.1) is 0 Å². The van der Waals surface area contributed by atoms with Gasteiger partial charge in [0.1, 0.15) is 0 Å². The van der Waals surface area contributed by atoms with E-state index in [0.717, 1.165) is 11.1 Å². The maximum absolute atomic E-state index is 9.65. The number of benzene rings is 1. The summed E-state index contributed by atoms with van der Waals surface area (Å²) in [6.45, 7) is 3.58. The fourth-order valence-electron chi connectivity index (χ4n) is 1.34. The minimum absolute atomic E-state index is 0.0678. The topological polar surface area (TPSA) is 72.3 Å². The van der Waals surface area contributed by atoms with Crippen LogP contribution in [-0.2, 0) is 0 Å². The Morgan fingerprint density at radius 2 is 2.07 bits per heavy atom. The second-order valence-corrected chi connectivity index (χ2v) is 3.51. The molecular formula is C11H12N2O2. The number of aromatic nitrogens is 1. The fourth-order valence-corrected chi connectivity index (χ4v) is 1.34. The summed E-state index contributed by atoms with van der Waals surface area (Å²) in [5.74, 6) is 0.474. The molecule has 0 aliphatic heterocycles. The molecular weight excluding hydrogens is 192 g/mol. The van der Waals surface area contributed by atoms with Gasteiger partial charge in [0, 0.05) is 18.2 Å². The first kappa shape index (κ1) is 9.58. The largest absolute Gasteiger partial charge is 0.503 e. The third kappa shape index (κ3) is 1.54. The fraction of sp³-hybridized carbons (Fsp3) is 0.182. The number of nitrogens with two attached hydrogens (primary N) is 1. The first-order valence-corrected chi connectivity index (χ1v) is 4.61. The molecule has 4 heteroatoms. The molecule has 0 aliphatic carbocycles. The van der Waals surface area contributed by atoms with Crippen molar-refractivity contribution in [2.24, 2.45) is 0 Å². The van der Waals surface area contributed by atoms with Gasteiger partial charge < -0.3 is 15.4 Å². The van der Waals surface area contributed by atoms with Crippen LogP contribution in [0.1, 0.15) is 11.3 Å². The van der Waals surface area contributed by atoms with Crippen LogP contribution in [0.3, 0.4) is 0 Å². The number of aromatic hydroxyl groups is 1. The summed E-state index contributed by atoms with van der Waals surface area (Å²) in [5, 5.41) is 13.4. The summed E-state index contributed by atoms with van der Waals surface area (Å²) in [5.41, 5.74) is 8.63. The molecule has 0 aliphatic rings. The lowest BCUT2D eigenvalue weighted by Crippen LogP contribution is -1.90. The maximum Gasteiger partial charge on any atom is 0.186 e. The van der Waals surface area contributed by atoms with Gasteiger partial charge in [0.05, 0.1) is 0 Å². The molecule has 1 heterocycles. The Hall–Kier alpha value is -1.97. The van der Waals surface area contributed by atoms with Crippen LogP contribution in [-0.4, -0.2) is 10.3 Å². The standard InChI is InChI=1S/C11H12N2O2/c1-6-3-4-8(5-9(6)12)10-11(14)7(2)15-13-10/h3-5,14H,12H2,1-2H3. The van der Waals surface area contributed by atoms with Gasteiger partial charge in [0.2, 0.25) is 0 Å². The number of hydrogen-bond acceptors (Lipinski definition) is 4. The number of rotatable bonds is 1. The molecule has 3 N–H and O–H groups in total. The molecule has 0 radical (unpaired) electrons. The minimum Gasteiger partial charge on any atom is -0.503 e. The van der Waals surface area contributed by atoms with Crippen molar-refractivity contribution in [2.75, 3.05) is 5.73 Å². The number of anilines is 1. The van der Waals surface area contributed by atoms with Crippen LogP contribution < -0.4 is 5.73 Å². The van der Waals surface area contributed by atoms with Crippen molar-refractivity contribution in [1.29, 1.82) is 0 Å². The zero-order chi connectivity index (χ0) is 11.0. The molecule has 78 valence electrons. The molecule has 2 aromatic rings. The van der Waals surface area contributed by atoms with Crippen LogP contribution in [0, 0.1) is 13.8 Å². The lowest BCUT2D eigenvalue weighted by molar-refractivity contribution is 0.384. The van der Waals surface area contributed by atoms with Crippen molar-refractivity contribution in [3.63, 3.8) is 0 Å². The molecule has 0 bridgehead atoms. The van der Waals surface area contributed by atoms with Gasteiger partial charge in [0.25, 0.3) is 0 Å². The molecule has 1 aromatic carbocycles. The molecule has 0 fully saturated rings. The molecule has 0 amide bonds. The maximum atomic E-state index is 9.65. The Labute approximate surface area is 87.3 Å². The van der Waals surface area contributed by atoms with E-state index < -0.39 is 0 Å². The minimum atomic E-state index is 0.0678.